The Morgan fingerprint density at radius 1 is 0.955 bits per heavy atom. The molecule has 0 aliphatic carbocycles. The van der Waals surface area contributed by atoms with Gasteiger partial charge in [0.1, 0.15) is 11.3 Å². The molecule has 4 rings (SSSR count). The predicted molar refractivity (Wildman–Crippen MR) is 86.3 cm³/mol. The summed E-state index contributed by atoms with van der Waals surface area (Å²) in [5, 5.41) is 1.79. The lowest BCUT2D eigenvalue weighted by molar-refractivity contribution is 0.637. The molecular formula is C18H14FN3. The number of aromatic nitrogens is 3. The summed E-state index contributed by atoms with van der Waals surface area (Å²) in [6.45, 7) is 3.90. The molecule has 0 fully saturated rings. The quantitative estimate of drug-likeness (QED) is 0.559. The van der Waals surface area contributed by atoms with Crippen LogP contribution in [0.15, 0.2) is 42.6 Å². The first-order valence-corrected chi connectivity index (χ1v) is 7.14. The lowest BCUT2D eigenvalue weighted by Gasteiger charge is -2.09. The summed E-state index contributed by atoms with van der Waals surface area (Å²) in [6.07, 6.45) is 1.86. The molecule has 3 nitrogen and oxygen atoms in total. The number of fused-ring (bicyclic) bond motifs is 3. The van der Waals surface area contributed by atoms with Crippen LogP contribution >= 0.6 is 0 Å². The molecule has 0 bridgehead atoms. The molecule has 3 aromatic heterocycles. The molecule has 0 amide bonds. The van der Waals surface area contributed by atoms with Crippen LogP contribution in [0.3, 0.4) is 0 Å². The molecule has 3 heterocycles. The Morgan fingerprint density at radius 2 is 1.73 bits per heavy atom. The zero-order valence-corrected chi connectivity index (χ0v) is 12.3. The highest BCUT2D eigenvalue weighted by molar-refractivity contribution is 6.09. The van der Waals surface area contributed by atoms with Crippen LogP contribution in [0.25, 0.3) is 33.1 Å². The zero-order chi connectivity index (χ0) is 15.3. The Morgan fingerprint density at radius 3 is 2.50 bits per heavy atom. The molecular weight excluding hydrogens is 277 g/mol. The van der Waals surface area contributed by atoms with E-state index in [9.17, 15) is 4.39 Å². The van der Waals surface area contributed by atoms with E-state index in [4.69, 9.17) is 0 Å². The Kier molecular flexibility index (Phi) is 2.73. The van der Waals surface area contributed by atoms with Crippen molar-refractivity contribution in [3.05, 3.63) is 59.8 Å². The number of nitrogens with one attached hydrogen (secondary N) is 1. The number of aromatic amines is 1. The summed E-state index contributed by atoms with van der Waals surface area (Å²) < 4.78 is 14.2. The highest BCUT2D eigenvalue weighted by atomic mass is 19.1. The molecule has 0 aliphatic heterocycles. The highest BCUT2D eigenvalue weighted by Gasteiger charge is 2.14. The van der Waals surface area contributed by atoms with E-state index in [2.05, 4.69) is 15.0 Å². The lowest BCUT2D eigenvalue weighted by Crippen LogP contribution is -1.93. The van der Waals surface area contributed by atoms with Crippen LogP contribution < -0.4 is 0 Å². The van der Waals surface area contributed by atoms with Gasteiger partial charge in [0.25, 0.3) is 0 Å². The van der Waals surface area contributed by atoms with Crippen molar-refractivity contribution in [3.8, 4) is 11.3 Å². The number of nitrogens with zero attached hydrogens (tertiary/aromatic N) is 2. The number of pyridine rings is 2. The number of hydrogen-bond donors (Lipinski definition) is 1. The van der Waals surface area contributed by atoms with Crippen molar-refractivity contribution >= 4 is 21.8 Å². The number of H-pyrrole nitrogens is 1. The van der Waals surface area contributed by atoms with Gasteiger partial charge < -0.3 is 4.98 Å². The normalized spacial score (nSPS) is 11.4. The van der Waals surface area contributed by atoms with E-state index in [0.29, 0.717) is 5.52 Å². The van der Waals surface area contributed by atoms with Gasteiger partial charge in [-0.05, 0) is 38.1 Å². The van der Waals surface area contributed by atoms with Crippen molar-refractivity contribution in [2.75, 3.05) is 0 Å². The van der Waals surface area contributed by atoms with Gasteiger partial charge in [0.05, 0.1) is 11.2 Å². The molecule has 0 saturated heterocycles. The summed E-state index contributed by atoms with van der Waals surface area (Å²) >= 11 is 0. The van der Waals surface area contributed by atoms with Crippen LogP contribution in [0.5, 0.6) is 0 Å². The molecule has 0 spiro atoms. The third-order valence-corrected chi connectivity index (χ3v) is 3.84. The van der Waals surface area contributed by atoms with Gasteiger partial charge in [-0.1, -0.05) is 12.1 Å². The van der Waals surface area contributed by atoms with Crippen molar-refractivity contribution in [1.29, 1.82) is 0 Å². The summed E-state index contributed by atoms with van der Waals surface area (Å²) in [6, 6.07) is 11.0. The second-order valence-corrected chi connectivity index (χ2v) is 5.50. The number of benzene rings is 1. The average Bonchev–Trinajstić information content (AvgIpc) is 2.95. The minimum Gasteiger partial charge on any atom is -0.361 e. The van der Waals surface area contributed by atoms with E-state index in [1.165, 1.54) is 6.07 Å². The molecule has 108 valence electrons. The molecule has 4 heteroatoms. The fraction of sp³-hybridized carbons (Fsp3) is 0.111. The summed E-state index contributed by atoms with van der Waals surface area (Å²) in [4.78, 5) is 12.2. The maximum atomic E-state index is 14.2. The number of aryl methyl sites for hydroxylation is 2. The van der Waals surface area contributed by atoms with E-state index >= 15 is 0 Å². The van der Waals surface area contributed by atoms with Crippen molar-refractivity contribution in [2.24, 2.45) is 0 Å². The van der Waals surface area contributed by atoms with Crippen LogP contribution in [0.1, 0.15) is 11.4 Å². The fourth-order valence-corrected chi connectivity index (χ4v) is 2.98. The predicted octanol–water partition coefficient (Wildman–Crippen LogP) is 4.53. The molecule has 0 radical (unpaired) electrons. The highest BCUT2D eigenvalue weighted by Crippen LogP contribution is 2.32. The summed E-state index contributed by atoms with van der Waals surface area (Å²) in [5.41, 5.74) is 4.89. The van der Waals surface area contributed by atoms with Gasteiger partial charge in [0, 0.05) is 33.9 Å². The maximum Gasteiger partial charge on any atom is 0.149 e. The van der Waals surface area contributed by atoms with Gasteiger partial charge in [-0.3, -0.25) is 4.98 Å². The van der Waals surface area contributed by atoms with Crippen molar-refractivity contribution in [3.63, 3.8) is 0 Å². The first-order chi connectivity index (χ1) is 10.6. The first-order valence-electron chi connectivity index (χ1n) is 7.14. The fourth-order valence-electron chi connectivity index (χ4n) is 2.98. The molecule has 1 aromatic carbocycles. The number of para-hydroxylation sites is 1. The van der Waals surface area contributed by atoms with Gasteiger partial charge >= 0.3 is 0 Å². The SMILES string of the molecule is Cc1cc(-c2nc3c(F)cccc3c3[nH]ccc23)cc(C)n1. The van der Waals surface area contributed by atoms with Crippen molar-refractivity contribution in [2.45, 2.75) is 13.8 Å². The standard InChI is InChI=1S/C18H14FN3/c1-10-8-12(9-11(2)21-10)16-14-6-7-20-17(14)13-4-3-5-15(19)18(13)22-16/h3-9,20H,1-2H3. The molecule has 0 aliphatic rings. The van der Waals surface area contributed by atoms with Crippen LogP contribution in [0, 0.1) is 19.7 Å². The van der Waals surface area contributed by atoms with E-state index < -0.39 is 0 Å². The van der Waals surface area contributed by atoms with Crippen LogP contribution in [0.4, 0.5) is 4.39 Å². The maximum absolute atomic E-state index is 14.2. The van der Waals surface area contributed by atoms with Crippen molar-refractivity contribution in [1.82, 2.24) is 15.0 Å². The average molecular weight is 291 g/mol. The summed E-state index contributed by atoms with van der Waals surface area (Å²) in [7, 11) is 0. The molecule has 22 heavy (non-hydrogen) atoms. The molecule has 0 unspecified atom stereocenters. The number of hydrogen-bond acceptors (Lipinski definition) is 2. The van der Waals surface area contributed by atoms with Crippen LogP contribution in [0.2, 0.25) is 0 Å². The van der Waals surface area contributed by atoms with Crippen LogP contribution in [-0.4, -0.2) is 15.0 Å². The Bertz CT molecular complexity index is 997. The van der Waals surface area contributed by atoms with E-state index in [1.807, 2.05) is 44.3 Å². The minimum absolute atomic E-state index is 0.308. The molecule has 1 N–H and O–H groups in total. The van der Waals surface area contributed by atoms with Crippen molar-refractivity contribution < 1.29 is 4.39 Å². The third kappa shape index (κ3) is 1.88. The van der Waals surface area contributed by atoms with Gasteiger partial charge in [0.15, 0.2) is 0 Å². The molecule has 0 atom stereocenters. The zero-order valence-electron chi connectivity index (χ0n) is 12.3. The van der Waals surface area contributed by atoms with E-state index in [0.717, 1.165) is 38.9 Å². The minimum atomic E-state index is -0.308. The Balaban J connectivity index is 2.16. The van der Waals surface area contributed by atoms with Crippen LogP contribution in [-0.2, 0) is 0 Å². The summed E-state index contributed by atoms with van der Waals surface area (Å²) in [5.74, 6) is -0.308. The smallest absolute Gasteiger partial charge is 0.149 e. The van der Waals surface area contributed by atoms with Gasteiger partial charge in [-0.15, -0.1) is 0 Å². The first kappa shape index (κ1) is 13.0. The number of rotatable bonds is 1. The second-order valence-electron chi connectivity index (χ2n) is 5.50. The van der Waals surface area contributed by atoms with Gasteiger partial charge in [-0.2, -0.15) is 0 Å². The lowest BCUT2D eigenvalue weighted by atomic mass is 10.0. The largest absolute Gasteiger partial charge is 0.361 e. The van der Waals surface area contributed by atoms with Gasteiger partial charge in [0.2, 0.25) is 0 Å². The van der Waals surface area contributed by atoms with E-state index in [-0.39, 0.29) is 5.82 Å². The Labute approximate surface area is 126 Å². The van der Waals surface area contributed by atoms with Gasteiger partial charge in [-0.25, -0.2) is 9.37 Å². The molecule has 0 saturated carbocycles. The Hall–Kier alpha value is -2.75. The van der Waals surface area contributed by atoms with E-state index in [1.54, 1.807) is 6.07 Å². The number of halogens is 1. The third-order valence-electron chi connectivity index (χ3n) is 3.84. The second kappa shape index (κ2) is 4.63. The topological polar surface area (TPSA) is 41.6 Å². The molecule has 4 aromatic rings. The monoisotopic (exact) mass is 291 g/mol.